The third-order valence-corrected chi connectivity index (χ3v) is 8.67. The highest BCUT2D eigenvalue weighted by atomic mass is 32.2. The fourth-order valence-electron chi connectivity index (χ4n) is 5.16. The van der Waals surface area contributed by atoms with Gasteiger partial charge >= 0.3 is 0 Å². The average molecular weight is 659 g/mol. The van der Waals surface area contributed by atoms with E-state index in [9.17, 15) is 0 Å². The van der Waals surface area contributed by atoms with Crippen molar-refractivity contribution < 1.29 is 28.4 Å². The van der Waals surface area contributed by atoms with Gasteiger partial charge in [-0.2, -0.15) is 0 Å². The molecule has 0 spiro atoms. The molecule has 1 heterocycles. The monoisotopic (exact) mass is 658 g/mol. The van der Waals surface area contributed by atoms with Crippen molar-refractivity contribution in [2.75, 3.05) is 6.61 Å². The molecule has 0 amide bonds. The molecule has 46 heavy (non-hydrogen) atoms. The van der Waals surface area contributed by atoms with Crippen molar-refractivity contribution in [1.29, 1.82) is 0 Å². The molecule has 8 heteroatoms. The summed E-state index contributed by atoms with van der Waals surface area (Å²) >= 11 is 7.00. The summed E-state index contributed by atoms with van der Waals surface area (Å²) in [4.78, 5) is 0. The molecule has 1 unspecified atom stereocenters. The Bertz CT molecular complexity index is 1430. The molecule has 1 aliphatic heterocycles. The van der Waals surface area contributed by atoms with Crippen molar-refractivity contribution in [2.45, 2.75) is 76.2 Å². The van der Waals surface area contributed by atoms with Gasteiger partial charge in [-0.1, -0.05) is 121 Å². The molecule has 0 aliphatic carbocycles. The highest BCUT2D eigenvalue weighted by Crippen LogP contribution is 2.36. The first kappa shape index (κ1) is 34.3. The lowest BCUT2D eigenvalue weighted by Crippen LogP contribution is -2.60. The topological polar surface area (TPSA) is 55.4 Å². The van der Waals surface area contributed by atoms with Gasteiger partial charge in [0.2, 0.25) is 4.38 Å². The minimum atomic E-state index is -0.534. The number of hydrogen-bond donors (Lipinski definition) is 0. The van der Waals surface area contributed by atoms with Gasteiger partial charge in [0.05, 0.1) is 39.1 Å². The van der Waals surface area contributed by atoms with Gasteiger partial charge in [-0.05, 0) is 60.1 Å². The van der Waals surface area contributed by atoms with E-state index in [4.69, 9.17) is 40.6 Å². The van der Waals surface area contributed by atoms with Gasteiger partial charge in [0.1, 0.15) is 29.9 Å². The fourth-order valence-corrected chi connectivity index (χ4v) is 6.64. The predicted octanol–water partition coefficient (Wildman–Crippen LogP) is 8.13. The molecular weight excluding hydrogens is 617 g/mol. The van der Waals surface area contributed by atoms with Crippen molar-refractivity contribution in [2.24, 2.45) is 0 Å². The van der Waals surface area contributed by atoms with Crippen LogP contribution < -0.4 is 0 Å². The molecule has 0 N–H and O–H groups in total. The lowest BCUT2D eigenvalue weighted by Gasteiger charge is -2.46. The first-order chi connectivity index (χ1) is 22.5. The van der Waals surface area contributed by atoms with Crippen molar-refractivity contribution in [3.63, 3.8) is 0 Å². The van der Waals surface area contributed by atoms with Gasteiger partial charge in [-0.15, -0.1) is 0 Å². The maximum absolute atomic E-state index is 6.80. The SMILES string of the molecule is CC(C)OC(=S)SC1O[C@H](COCc2ccccc2)[C@@H](OCc2ccccc2)[C@H](OCc2ccccc2)[C@H]1OCc1ccccc1. The second kappa shape index (κ2) is 18.3. The number of thiocarbonyl (C=S) groups is 1. The molecule has 0 saturated carbocycles. The minimum Gasteiger partial charge on any atom is -0.476 e. The maximum Gasteiger partial charge on any atom is 0.222 e. The summed E-state index contributed by atoms with van der Waals surface area (Å²) in [6, 6.07) is 40.4. The molecule has 0 bridgehead atoms. The van der Waals surface area contributed by atoms with E-state index in [0.717, 1.165) is 22.3 Å². The van der Waals surface area contributed by atoms with Gasteiger partial charge in [0, 0.05) is 0 Å². The summed E-state index contributed by atoms with van der Waals surface area (Å²) in [5.41, 5.74) is 3.70. The second-order valence-electron chi connectivity index (χ2n) is 11.4. The molecule has 1 saturated heterocycles. The highest BCUT2D eigenvalue weighted by molar-refractivity contribution is 8.22. The summed E-state index contributed by atoms with van der Waals surface area (Å²) in [5.74, 6) is 0. The van der Waals surface area contributed by atoms with Gasteiger partial charge < -0.3 is 28.4 Å². The van der Waals surface area contributed by atoms with Crippen LogP contribution in [0.4, 0.5) is 0 Å². The Labute approximate surface area is 282 Å². The van der Waals surface area contributed by atoms with Gasteiger partial charge in [0.15, 0.2) is 0 Å². The average Bonchev–Trinajstić information content (AvgIpc) is 3.08. The van der Waals surface area contributed by atoms with Crippen molar-refractivity contribution in [3.05, 3.63) is 144 Å². The Balaban J connectivity index is 1.45. The molecule has 0 aromatic heterocycles. The van der Waals surface area contributed by atoms with Crippen molar-refractivity contribution in [3.8, 4) is 0 Å². The molecule has 5 atom stereocenters. The molecule has 242 valence electrons. The Kier molecular flexibility index (Phi) is 13.6. The lowest BCUT2D eigenvalue weighted by atomic mass is 9.98. The Hall–Kier alpha value is -3.08. The van der Waals surface area contributed by atoms with Crippen LogP contribution in [-0.4, -0.2) is 46.9 Å². The normalized spacial score (nSPS) is 21.2. The van der Waals surface area contributed by atoms with Crippen LogP contribution in [0.2, 0.25) is 0 Å². The summed E-state index contributed by atoms with van der Waals surface area (Å²) in [6.07, 6.45) is -2.08. The van der Waals surface area contributed by atoms with E-state index in [1.807, 2.05) is 123 Å². The summed E-state index contributed by atoms with van der Waals surface area (Å²) in [5, 5.41) is 0. The summed E-state index contributed by atoms with van der Waals surface area (Å²) in [6.45, 7) is 5.78. The first-order valence-electron chi connectivity index (χ1n) is 15.7. The Morgan fingerprint density at radius 2 is 1.02 bits per heavy atom. The van der Waals surface area contributed by atoms with E-state index in [0.29, 0.717) is 37.4 Å². The third kappa shape index (κ3) is 10.7. The van der Waals surface area contributed by atoms with Crippen molar-refractivity contribution >= 4 is 28.4 Å². The van der Waals surface area contributed by atoms with Gasteiger partial charge in [-0.3, -0.25) is 0 Å². The van der Waals surface area contributed by atoms with Gasteiger partial charge in [-0.25, -0.2) is 0 Å². The van der Waals surface area contributed by atoms with Crippen LogP contribution >= 0.6 is 24.0 Å². The minimum absolute atomic E-state index is 0.0654. The molecule has 6 nitrogen and oxygen atoms in total. The van der Waals surface area contributed by atoms with Crippen LogP contribution in [0.15, 0.2) is 121 Å². The maximum atomic E-state index is 6.80. The van der Waals surface area contributed by atoms with E-state index in [1.54, 1.807) is 0 Å². The number of benzene rings is 4. The molecule has 5 rings (SSSR count). The van der Waals surface area contributed by atoms with Crippen LogP contribution in [0.3, 0.4) is 0 Å². The zero-order chi connectivity index (χ0) is 32.0. The standard InChI is InChI=1S/C38H42O6S2/c1-28(2)43-38(45)46-37-36(42-26-32-21-13-6-14-22-32)35(41-25-31-19-11-5-12-20-31)34(40-24-30-17-9-4-10-18-30)33(44-37)27-39-23-29-15-7-3-8-16-29/h3-22,28,33-37H,23-27H2,1-2H3/t33-,34-,35+,36-,37?/m1/s1. The molecule has 4 aromatic carbocycles. The summed E-state index contributed by atoms with van der Waals surface area (Å²) < 4.78 is 39.5. The van der Waals surface area contributed by atoms with Crippen LogP contribution in [0.1, 0.15) is 36.1 Å². The number of ether oxygens (including phenoxy) is 6. The molecule has 1 fully saturated rings. The smallest absolute Gasteiger partial charge is 0.222 e. The largest absolute Gasteiger partial charge is 0.476 e. The van der Waals surface area contributed by atoms with E-state index < -0.39 is 29.9 Å². The van der Waals surface area contributed by atoms with E-state index >= 15 is 0 Å². The Morgan fingerprint density at radius 1 is 0.609 bits per heavy atom. The summed E-state index contributed by atoms with van der Waals surface area (Å²) in [7, 11) is 0. The zero-order valence-corrected chi connectivity index (χ0v) is 27.9. The number of thioether (sulfide) groups is 1. The second-order valence-corrected chi connectivity index (χ2v) is 13.1. The number of rotatable bonds is 15. The molecule has 1 aliphatic rings. The first-order valence-corrected chi connectivity index (χ1v) is 16.9. The van der Waals surface area contributed by atoms with E-state index in [-0.39, 0.29) is 6.10 Å². The van der Waals surface area contributed by atoms with E-state index in [1.165, 1.54) is 11.8 Å². The zero-order valence-electron chi connectivity index (χ0n) is 26.3. The van der Waals surface area contributed by atoms with Crippen LogP contribution in [0, 0.1) is 0 Å². The van der Waals surface area contributed by atoms with Crippen molar-refractivity contribution in [1.82, 2.24) is 0 Å². The lowest BCUT2D eigenvalue weighted by molar-refractivity contribution is -0.254. The molecule has 0 radical (unpaired) electrons. The molecule has 4 aromatic rings. The quantitative estimate of drug-likeness (QED) is 0.119. The fraction of sp³-hybridized carbons (Fsp3) is 0.342. The van der Waals surface area contributed by atoms with Crippen LogP contribution in [0.5, 0.6) is 0 Å². The van der Waals surface area contributed by atoms with Crippen LogP contribution in [0.25, 0.3) is 0 Å². The number of hydrogen-bond acceptors (Lipinski definition) is 8. The Morgan fingerprint density at radius 3 is 1.48 bits per heavy atom. The predicted molar refractivity (Wildman–Crippen MR) is 186 cm³/mol. The van der Waals surface area contributed by atoms with E-state index in [2.05, 4.69) is 12.1 Å². The van der Waals surface area contributed by atoms with Crippen LogP contribution in [-0.2, 0) is 54.8 Å². The highest BCUT2D eigenvalue weighted by Gasteiger charge is 2.49. The molecular formula is C38H42O6S2. The third-order valence-electron chi connectivity index (χ3n) is 7.38. The van der Waals surface area contributed by atoms with Gasteiger partial charge in [0.25, 0.3) is 0 Å².